The molecule has 0 bridgehead atoms. The van der Waals surface area contributed by atoms with Crippen LogP contribution in [0.4, 0.5) is 5.88 Å². The molecule has 1 saturated carbocycles. The van der Waals surface area contributed by atoms with Gasteiger partial charge in [0, 0.05) is 19.0 Å². The van der Waals surface area contributed by atoms with E-state index in [4.69, 9.17) is 9.15 Å². The molecule has 0 atom stereocenters. The molecule has 1 aliphatic carbocycles. The number of oxazole rings is 1. The van der Waals surface area contributed by atoms with Gasteiger partial charge >= 0.3 is 0 Å². The Bertz CT molecular complexity index is 535. The summed E-state index contributed by atoms with van der Waals surface area (Å²) < 4.78 is 11.4. The lowest BCUT2D eigenvalue weighted by molar-refractivity contribution is 0.120. The van der Waals surface area contributed by atoms with Crippen molar-refractivity contribution in [1.82, 2.24) is 4.98 Å². The zero-order valence-corrected chi connectivity index (χ0v) is 14.1. The summed E-state index contributed by atoms with van der Waals surface area (Å²) in [7, 11) is 0. The number of unbranched alkanes of at least 4 members (excludes halogenated alkanes) is 1. The van der Waals surface area contributed by atoms with E-state index in [1.807, 2.05) is 0 Å². The smallest absolute Gasteiger partial charge is 0.234 e. The topological polar surface area (TPSA) is 62.3 Å². The molecule has 0 unspecified atom stereocenters. The molecule has 1 aromatic rings. The lowest BCUT2D eigenvalue weighted by Gasteiger charge is -2.27. The summed E-state index contributed by atoms with van der Waals surface area (Å²) >= 11 is 0. The minimum atomic E-state index is 0.384. The lowest BCUT2D eigenvalue weighted by atomic mass is 9.80. The Hall–Kier alpha value is -1.54. The number of rotatable bonds is 5. The summed E-state index contributed by atoms with van der Waals surface area (Å²) in [6.07, 6.45) is 8.80. The van der Waals surface area contributed by atoms with Crippen LogP contribution < -0.4 is 4.90 Å². The number of morpholine rings is 1. The Morgan fingerprint density at radius 2 is 1.96 bits per heavy atom. The zero-order valence-electron chi connectivity index (χ0n) is 14.1. The lowest BCUT2D eigenvalue weighted by Crippen LogP contribution is -2.36. The minimum Gasteiger partial charge on any atom is -0.423 e. The van der Waals surface area contributed by atoms with Crippen LogP contribution in [0.2, 0.25) is 0 Å². The van der Waals surface area contributed by atoms with Crippen molar-refractivity contribution in [2.45, 2.75) is 57.8 Å². The van der Waals surface area contributed by atoms with Gasteiger partial charge in [0.1, 0.15) is 6.07 Å². The quantitative estimate of drug-likeness (QED) is 0.825. The van der Waals surface area contributed by atoms with Gasteiger partial charge in [-0.3, -0.25) is 0 Å². The van der Waals surface area contributed by atoms with Gasteiger partial charge < -0.3 is 14.1 Å². The van der Waals surface area contributed by atoms with E-state index in [1.54, 1.807) is 0 Å². The van der Waals surface area contributed by atoms with E-state index < -0.39 is 0 Å². The first-order chi connectivity index (χ1) is 11.3. The van der Waals surface area contributed by atoms with Crippen molar-refractivity contribution in [2.24, 2.45) is 5.92 Å². The van der Waals surface area contributed by atoms with E-state index in [9.17, 15) is 5.26 Å². The number of nitriles is 1. The monoisotopic (exact) mass is 317 g/mol. The Balaban J connectivity index is 1.65. The first-order valence-electron chi connectivity index (χ1n) is 9.05. The van der Waals surface area contributed by atoms with Crippen molar-refractivity contribution in [3.8, 4) is 6.07 Å². The van der Waals surface area contributed by atoms with Crippen molar-refractivity contribution in [2.75, 3.05) is 31.2 Å². The van der Waals surface area contributed by atoms with Crippen molar-refractivity contribution in [1.29, 1.82) is 5.26 Å². The molecule has 2 heterocycles. The third-order valence-corrected chi connectivity index (χ3v) is 5.19. The molecule has 5 nitrogen and oxygen atoms in total. The molecule has 0 N–H and O–H groups in total. The van der Waals surface area contributed by atoms with Crippen molar-refractivity contribution < 1.29 is 9.15 Å². The van der Waals surface area contributed by atoms with E-state index in [0.717, 1.165) is 37.7 Å². The highest BCUT2D eigenvalue weighted by atomic mass is 16.5. The van der Waals surface area contributed by atoms with Crippen LogP contribution in [-0.4, -0.2) is 31.3 Å². The Morgan fingerprint density at radius 3 is 2.61 bits per heavy atom. The number of hydrogen-bond donors (Lipinski definition) is 0. The molecule has 2 aliphatic rings. The van der Waals surface area contributed by atoms with Gasteiger partial charge in [-0.25, -0.2) is 4.98 Å². The largest absolute Gasteiger partial charge is 0.423 e. The second-order valence-corrected chi connectivity index (χ2v) is 6.78. The van der Waals surface area contributed by atoms with Crippen LogP contribution in [0.15, 0.2) is 4.42 Å². The third-order valence-electron chi connectivity index (χ3n) is 5.19. The molecule has 1 saturated heterocycles. The van der Waals surface area contributed by atoms with Crippen molar-refractivity contribution in [3.63, 3.8) is 0 Å². The highest BCUT2D eigenvalue weighted by Gasteiger charge is 2.29. The summed E-state index contributed by atoms with van der Waals surface area (Å²) in [4.78, 5) is 6.59. The van der Waals surface area contributed by atoms with Gasteiger partial charge in [-0.15, -0.1) is 0 Å². The van der Waals surface area contributed by atoms with Gasteiger partial charge in [0.15, 0.2) is 0 Å². The molecule has 0 amide bonds. The summed E-state index contributed by atoms with van der Waals surface area (Å²) in [5.41, 5.74) is 0.440. The van der Waals surface area contributed by atoms with Crippen LogP contribution in [0.3, 0.4) is 0 Å². The number of anilines is 1. The standard InChI is InChI=1S/C18H27N3O2/c1-2-3-4-14-5-7-15(8-6-14)17-20-16(13-19)18(23-17)21-9-11-22-12-10-21/h14-15H,2-12H2,1H3. The van der Waals surface area contributed by atoms with E-state index in [1.165, 1.54) is 32.1 Å². The molecule has 3 rings (SSSR count). The van der Waals surface area contributed by atoms with E-state index >= 15 is 0 Å². The van der Waals surface area contributed by atoms with Crippen LogP contribution in [0.25, 0.3) is 0 Å². The molecule has 1 aliphatic heterocycles. The summed E-state index contributed by atoms with van der Waals surface area (Å²) in [5, 5.41) is 9.37. The molecule has 126 valence electrons. The van der Waals surface area contributed by atoms with Gasteiger partial charge in [0.05, 0.1) is 13.2 Å². The number of ether oxygens (including phenoxy) is 1. The summed E-state index contributed by atoms with van der Waals surface area (Å²) in [6.45, 7) is 5.17. The molecule has 5 heteroatoms. The van der Waals surface area contributed by atoms with Gasteiger partial charge in [-0.1, -0.05) is 26.2 Å². The van der Waals surface area contributed by atoms with Gasteiger partial charge in [-0.2, -0.15) is 5.26 Å². The van der Waals surface area contributed by atoms with Crippen LogP contribution in [0.5, 0.6) is 0 Å². The van der Waals surface area contributed by atoms with Crippen LogP contribution in [0, 0.1) is 17.2 Å². The van der Waals surface area contributed by atoms with Crippen LogP contribution in [0.1, 0.15) is 69.4 Å². The minimum absolute atomic E-state index is 0.384. The summed E-state index contributed by atoms with van der Waals surface area (Å²) in [5.74, 6) is 2.68. The molecular formula is C18H27N3O2. The Morgan fingerprint density at radius 1 is 1.22 bits per heavy atom. The fraction of sp³-hybridized carbons (Fsp3) is 0.778. The molecule has 23 heavy (non-hydrogen) atoms. The fourth-order valence-corrected chi connectivity index (χ4v) is 3.75. The SMILES string of the molecule is CCCCC1CCC(c2nc(C#N)c(N3CCOCC3)o2)CC1. The molecule has 2 fully saturated rings. The van der Waals surface area contributed by atoms with E-state index in [-0.39, 0.29) is 0 Å². The second-order valence-electron chi connectivity index (χ2n) is 6.78. The van der Waals surface area contributed by atoms with Crippen LogP contribution >= 0.6 is 0 Å². The highest BCUT2D eigenvalue weighted by Crippen LogP contribution is 2.39. The fourth-order valence-electron chi connectivity index (χ4n) is 3.75. The maximum Gasteiger partial charge on any atom is 0.234 e. The molecule has 0 radical (unpaired) electrons. The zero-order chi connectivity index (χ0) is 16.1. The first kappa shape index (κ1) is 16.3. The van der Waals surface area contributed by atoms with Gasteiger partial charge in [0.25, 0.3) is 0 Å². The predicted molar refractivity (Wildman–Crippen MR) is 88.5 cm³/mol. The van der Waals surface area contributed by atoms with E-state index in [0.29, 0.717) is 30.7 Å². The average Bonchev–Trinajstić information content (AvgIpc) is 3.05. The van der Waals surface area contributed by atoms with Crippen LogP contribution in [-0.2, 0) is 4.74 Å². The second kappa shape index (κ2) is 7.83. The highest BCUT2D eigenvalue weighted by molar-refractivity contribution is 5.48. The molecule has 0 spiro atoms. The Kier molecular flexibility index (Phi) is 5.56. The molecule has 0 aromatic carbocycles. The summed E-state index contributed by atoms with van der Waals surface area (Å²) in [6, 6.07) is 2.20. The van der Waals surface area contributed by atoms with Gasteiger partial charge in [-0.05, 0) is 31.6 Å². The molecule has 1 aromatic heterocycles. The maximum atomic E-state index is 9.37. The number of nitrogens with zero attached hydrogens (tertiary/aromatic N) is 3. The van der Waals surface area contributed by atoms with Gasteiger partial charge in [0.2, 0.25) is 17.5 Å². The average molecular weight is 317 g/mol. The predicted octanol–water partition coefficient (Wildman–Crippen LogP) is 3.85. The molecular weight excluding hydrogens is 290 g/mol. The number of hydrogen-bond acceptors (Lipinski definition) is 5. The maximum absolute atomic E-state index is 9.37. The van der Waals surface area contributed by atoms with E-state index in [2.05, 4.69) is 22.9 Å². The van der Waals surface area contributed by atoms with Crippen molar-refractivity contribution in [3.05, 3.63) is 11.6 Å². The number of aromatic nitrogens is 1. The third kappa shape index (κ3) is 3.87. The normalized spacial score (nSPS) is 25.3. The van der Waals surface area contributed by atoms with Crippen molar-refractivity contribution >= 4 is 5.88 Å². The Labute approximate surface area is 138 Å². The first-order valence-corrected chi connectivity index (χ1v) is 9.05.